The highest BCUT2D eigenvalue weighted by Gasteiger charge is 2.28. The molecule has 3 aromatic rings. The highest BCUT2D eigenvalue weighted by atomic mass is 32.3. The summed E-state index contributed by atoms with van der Waals surface area (Å²) in [6, 6.07) is 15.9. The molecule has 1 saturated heterocycles. The van der Waals surface area contributed by atoms with E-state index in [1.54, 1.807) is 36.5 Å². The minimum absolute atomic E-state index is 0. The molecule has 0 atom stereocenters. The average molecular weight is 603 g/mol. The lowest BCUT2D eigenvalue weighted by Crippen LogP contribution is -2.49. The summed E-state index contributed by atoms with van der Waals surface area (Å²) in [7, 11) is -7.61. The van der Waals surface area contributed by atoms with Gasteiger partial charge in [-0.05, 0) is 55.2 Å². The van der Waals surface area contributed by atoms with E-state index < -0.39 is 21.3 Å². The van der Waals surface area contributed by atoms with E-state index in [-0.39, 0.29) is 22.3 Å². The van der Waals surface area contributed by atoms with Gasteiger partial charge in [0.15, 0.2) is 0 Å². The SMILES string of the molecule is O.O.O.O=C(c1ccc(N(c2cccc3cccnc23)[SH](=O)=O)cc1)N1CCN(CC2CC2)CC1.O=S(=O)(O)O. The number of amides is 1. The molecule has 16 heteroatoms. The highest BCUT2D eigenvalue weighted by molar-refractivity contribution is 7.79. The van der Waals surface area contributed by atoms with E-state index in [9.17, 15) is 13.2 Å². The van der Waals surface area contributed by atoms with Gasteiger partial charge in [0, 0.05) is 49.9 Å². The van der Waals surface area contributed by atoms with Crippen LogP contribution < -0.4 is 4.31 Å². The molecule has 2 fully saturated rings. The van der Waals surface area contributed by atoms with Crippen molar-refractivity contribution in [3.63, 3.8) is 0 Å². The lowest BCUT2D eigenvalue weighted by Gasteiger charge is -2.34. The van der Waals surface area contributed by atoms with Crippen LogP contribution >= 0.6 is 0 Å². The fraction of sp³-hybridized carbons (Fsp3) is 0.333. The Morgan fingerprint density at radius 3 is 2.05 bits per heavy atom. The van der Waals surface area contributed by atoms with Gasteiger partial charge in [0.2, 0.25) is 10.9 Å². The molecular weight excluding hydrogens is 568 g/mol. The van der Waals surface area contributed by atoms with Gasteiger partial charge in [-0.2, -0.15) is 8.42 Å². The van der Waals surface area contributed by atoms with Crippen LogP contribution in [0, 0.1) is 5.92 Å². The molecule has 0 bridgehead atoms. The molecule has 14 nitrogen and oxygen atoms in total. The van der Waals surface area contributed by atoms with Gasteiger partial charge in [-0.15, -0.1) is 0 Å². The summed E-state index contributed by atoms with van der Waals surface area (Å²) in [5, 5.41) is 0.861. The number of para-hydroxylation sites is 1. The number of rotatable bonds is 6. The quantitative estimate of drug-likeness (QED) is 0.252. The minimum atomic E-state index is -4.67. The molecule has 222 valence electrons. The number of carbonyl (C=O) groups is 1. The summed E-state index contributed by atoms with van der Waals surface area (Å²) in [5.74, 6) is 0.852. The Morgan fingerprint density at radius 1 is 0.925 bits per heavy atom. The Bertz CT molecular complexity index is 1420. The second-order valence-electron chi connectivity index (χ2n) is 8.93. The number of hydrogen-bond acceptors (Lipinski definition) is 7. The summed E-state index contributed by atoms with van der Waals surface area (Å²) in [6.45, 7) is 4.45. The third-order valence-electron chi connectivity index (χ3n) is 6.23. The molecule has 1 amide bonds. The van der Waals surface area contributed by atoms with Crippen molar-refractivity contribution in [3.05, 3.63) is 66.4 Å². The lowest BCUT2D eigenvalue weighted by molar-refractivity contribution is 0.0632. The van der Waals surface area contributed by atoms with Crippen molar-refractivity contribution in [2.45, 2.75) is 12.8 Å². The molecule has 5 rings (SSSR count). The number of fused-ring (bicyclic) bond motifs is 1. The van der Waals surface area contributed by atoms with Crippen LogP contribution in [0.3, 0.4) is 0 Å². The van der Waals surface area contributed by atoms with E-state index in [0.29, 0.717) is 22.5 Å². The zero-order valence-corrected chi connectivity index (χ0v) is 23.1. The number of carbonyl (C=O) groups excluding carboxylic acids is 1. The second-order valence-corrected chi connectivity index (χ2v) is 10.7. The molecule has 0 spiro atoms. The summed E-state index contributed by atoms with van der Waals surface area (Å²) in [5.41, 5.74) is 2.15. The first-order valence-electron chi connectivity index (χ1n) is 11.7. The standard InChI is InChI=1S/C24H26N4O3S.H2O4S.3H2O/c29-24(27-15-13-26(14-16-27)17-18-6-7-18)20-8-10-21(11-9-20)28(32(30)31)22-5-1-3-19-4-2-12-25-23(19)22;1-5(2,3)4;;;/h1-5,8-12,18,32H,6-7,13-17H2;(H2,1,2,3,4);3*1H2. The van der Waals surface area contributed by atoms with Crippen LogP contribution in [-0.2, 0) is 21.3 Å². The number of anilines is 2. The van der Waals surface area contributed by atoms with Crippen molar-refractivity contribution in [2.24, 2.45) is 5.92 Å². The fourth-order valence-electron chi connectivity index (χ4n) is 4.31. The summed E-state index contributed by atoms with van der Waals surface area (Å²) < 4.78 is 57.2. The third-order valence-corrected chi connectivity index (χ3v) is 7.01. The van der Waals surface area contributed by atoms with Gasteiger partial charge < -0.3 is 21.3 Å². The van der Waals surface area contributed by atoms with E-state index in [2.05, 4.69) is 9.88 Å². The number of nitrogens with zero attached hydrogens (tertiary/aromatic N) is 4. The molecule has 2 aliphatic rings. The van der Waals surface area contributed by atoms with Gasteiger partial charge in [-0.3, -0.25) is 23.8 Å². The molecule has 1 aromatic heterocycles. The van der Waals surface area contributed by atoms with Gasteiger partial charge in [-0.1, -0.05) is 18.2 Å². The number of aromatic nitrogens is 1. The first-order valence-corrected chi connectivity index (χ1v) is 14.2. The van der Waals surface area contributed by atoms with Crippen LogP contribution in [0.4, 0.5) is 11.4 Å². The van der Waals surface area contributed by atoms with Crippen molar-refractivity contribution >= 4 is 49.5 Å². The van der Waals surface area contributed by atoms with Crippen molar-refractivity contribution in [3.8, 4) is 0 Å². The van der Waals surface area contributed by atoms with Crippen molar-refractivity contribution in [1.29, 1.82) is 0 Å². The van der Waals surface area contributed by atoms with Crippen LogP contribution in [0.15, 0.2) is 60.8 Å². The van der Waals surface area contributed by atoms with E-state index in [0.717, 1.165) is 44.0 Å². The Morgan fingerprint density at radius 2 is 1.50 bits per heavy atom. The van der Waals surface area contributed by atoms with Gasteiger partial charge in [0.05, 0.1) is 16.9 Å². The predicted molar refractivity (Wildman–Crippen MR) is 151 cm³/mol. The molecule has 8 N–H and O–H groups in total. The minimum Gasteiger partial charge on any atom is -0.412 e. The molecule has 40 heavy (non-hydrogen) atoms. The Kier molecular flexibility index (Phi) is 13.0. The zero-order chi connectivity index (χ0) is 26.6. The van der Waals surface area contributed by atoms with Crippen molar-refractivity contribution in [1.82, 2.24) is 14.8 Å². The Labute approximate surface area is 233 Å². The van der Waals surface area contributed by atoms with Crippen molar-refractivity contribution < 1.29 is 47.2 Å². The second kappa shape index (κ2) is 15.0. The molecule has 2 aromatic carbocycles. The maximum absolute atomic E-state index is 13.0. The molecular formula is C24H34N4O10S2. The Balaban J connectivity index is 0.000000923. The number of thiol groups is 1. The van der Waals surface area contributed by atoms with Gasteiger partial charge >= 0.3 is 10.4 Å². The zero-order valence-electron chi connectivity index (χ0n) is 21.4. The van der Waals surface area contributed by atoms with Gasteiger partial charge in [0.25, 0.3) is 5.91 Å². The van der Waals surface area contributed by atoms with E-state index in [4.69, 9.17) is 17.5 Å². The van der Waals surface area contributed by atoms with Crippen LogP contribution in [0.1, 0.15) is 23.2 Å². The number of pyridine rings is 1. The van der Waals surface area contributed by atoms with Gasteiger partial charge in [0.1, 0.15) is 0 Å². The van der Waals surface area contributed by atoms with Crippen LogP contribution in [0.2, 0.25) is 0 Å². The molecule has 2 heterocycles. The number of hydrogen-bond donors (Lipinski definition) is 3. The van der Waals surface area contributed by atoms with Crippen molar-refractivity contribution in [2.75, 3.05) is 37.0 Å². The first kappa shape index (κ1) is 34.8. The Hall–Kier alpha value is -3.22. The smallest absolute Gasteiger partial charge is 0.394 e. The molecule has 1 aliphatic heterocycles. The normalized spacial score (nSPS) is 15.1. The van der Waals surface area contributed by atoms with Gasteiger partial charge in [-0.25, -0.2) is 12.7 Å². The first-order chi connectivity index (χ1) is 17.6. The van der Waals surface area contributed by atoms with Crippen LogP contribution in [0.25, 0.3) is 10.9 Å². The average Bonchev–Trinajstić information content (AvgIpc) is 3.68. The summed E-state index contributed by atoms with van der Waals surface area (Å²) >= 11 is 0. The van der Waals surface area contributed by atoms with E-state index >= 15 is 0 Å². The number of piperazine rings is 1. The topological polar surface area (TPSA) is 243 Å². The predicted octanol–water partition coefficient (Wildman–Crippen LogP) is -0.0598. The molecule has 1 saturated carbocycles. The maximum atomic E-state index is 13.0. The maximum Gasteiger partial charge on any atom is 0.394 e. The molecule has 0 unspecified atom stereocenters. The summed E-state index contributed by atoms with van der Waals surface area (Å²) in [4.78, 5) is 21.7. The van der Waals surface area contributed by atoms with Crippen LogP contribution in [0.5, 0.6) is 0 Å². The lowest BCUT2D eigenvalue weighted by atomic mass is 10.1. The molecule has 1 aliphatic carbocycles. The highest BCUT2D eigenvalue weighted by Crippen LogP contribution is 2.32. The van der Waals surface area contributed by atoms with Crippen LogP contribution in [-0.4, -0.2) is 95.8 Å². The molecule has 0 radical (unpaired) electrons. The van der Waals surface area contributed by atoms with E-state index in [1.807, 2.05) is 29.2 Å². The summed E-state index contributed by atoms with van der Waals surface area (Å²) in [6.07, 6.45) is 4.33. The number of benzene rings is 2. The monoisotopic (exact) mass is 602 g/mol. The third kappa shape index (κ3) is 9.46. The largest absolute Gasteiger partial charge is 0.412 e. The fourth-order valence-corrected chi connectivity index (χ4v) is 4.97. The van der Waals surface area contributed by atoms with E-state index in [1.165, 1.54) is 17.1 Å².